The van der Waals surface area contributed by atoms with Gasteiger partial charge in [0.2, 0.25) is 0 Å². The SMILES string of the molecule is FC(F)(F)Oc1cccc(OC2c3ccccc3CC2CN2CCCCC2)c1. The van der Waals surface area contributed by atoms with Crippen LogP contribution in [0.5, 0.6) is 11.5 Å². The van der Waals surface area contributed by atoms with Crippen LogP contribution in [0.15, 0.2) is 48.5 Å². The minimum atomic E-state index is -4.71. The molecule has 0 aromatic heterocycles. The van der Waals surface area contributed by atoms with E-state index in [2.05, 4.69) is 21.8 Å². The predicted molar refractivity (Wildman–Crippen MR) is 100 cm³/mol. The quantitative estimate of drug-likeness (QED) is 0.685. The molecule has 3 nitrogen and oxygen atoms in total. The number of piperidine rings is 1. The Morgan fingerprint density at radius 1 is 0.929 bits per heavy atom. The Balaban J connectivity index is 1.53. The summed E-state index contributed by atoms with van der Waals surface area (Å²) in [4.78, 5) is 2.49. The van der Waals surface area contributed by atoms with Crippen molar-refractivity contribution in [3.05, 3.63) is 59.7 Å². The van der Waals surface area contributed by atoms with Crippen molar-refractivity contribution in [2.24, 2.45) is 5.92 Å². The summed E-state index contributed by atoms with van der Waals surface area (Å²) in [5.74, 6) is 0.415. The first-order valence-corrected chi connectivity index (χ1v) is 9.80. The summed E-state index contributed by atoms with van der Waals surface area (Å²) in [5, 5.41) is 0. The number of halogens is 3. The summed E-state index contributed by atoms with van der Waals surface area (Å²) in [6.07, 6.45) is -0.220. The molecule has 2 aromatic carbocycles. The molecule has 150 valence electrons. The van der Waals surface area contributed by atoms with Crippen LogP contribution in [0.1, 0.15) is 36.5 Å². The second kappa shape index (κ2) is 8.03. The first-order chi connectivity index (χ1) is 13.5. The van der Waals surface area contributed by atoms with Gasteiger partial charge < -0.3 is 14.4 Å². The van der Waals surface area contributed by atoms with Gasteiger partial charge in [-0.1, -0.05) is 36.8 Å². The molecule has 6 heteroatoms. The fourth-order valence-corrected chi connectivity index (χ4v) is 4.33. The van der Waals surface area contributed by atoms with Gasteiger partial charge in [0.05, 0.1) is 0 Å². The fourth-order valence-electron chi connectivity index (χ4n) is 4.33. The molecule has 0 bridgehead atoms. The monoisotopic (exact) mass is 391 g/mol. The first kappa shape index (κ1) is 19.1. The van der Waals surface area contributed by atoms with Gasteiger partial charge in [-0.05, 0) is 55.6 Å². The van der Waals surface area contributed by atoms with Crippen LogP contribution in [-0.2, 0) is 6.42 Å². The van der Waals surface area contributed by atoms with E-state index in [-0.39, 0.29) is 17.8 Å². The van der Waals surface area contributed by atoms with E-state index < -0.39 is 6.36 Å². The van der Waals surface area contributed by atoms with Gasteiger partial charge in [-0.3, -0.25) is 0 Å². The Hall–Kier alpha value is -2.21. The number of nitrogens with zero attached hydrogens (tertiary/aromatic N) is 1. The maximum atomic E-state index is 12.5. The molecule has 1 saturated heterocycles. The van der Waals surface area contributed by atoms with Gasteiger partial charge in [0.25, 0.3) is 0 Å². The number of fused-ring (bicyclic) bond motifs is 1. The molecule has 0 amide bonds. The van der Waals surface area contributed by atoms with Crippen LogP contribution in [0.2, 0.25) is 0 Å². The molecule has 2 aliphatic rings. The lowest BCUT2D eigenvalue weighted by Crippen LogP contribution is -2.36. The Bertz CT molecular complexity index is 802. The van der Waals surface area contributed by atoms with Crippen LogP contribution < -0.4 is 9.47 Å². The number of alkyl halides is 3. The van der Waals surface area contributed by atoms with Gasteiger partial charge in [0.1, 0.15) is 17.6 Å². The Morgan fingerprint density at radius 2 is 1.68 bits per heavy atom. The number of hydrogen-bond acceptors (Lipinski definition) is 3. The molecule has 2 aromatic rings. The lowest BCUT2D eigenvalue weighted by molar-refractivity contribution is -0.274. The number of ether oxygens (including phenoxy) is 2. The Kier molecular flexibility index (Phi) is 5.49. The number of likely N-dealkylation sites (tertiary alicyclic amines) is 1. The maximum absolute atomic E-state index is 12.5. The largest absolute Gasteiger partial charge is 0.573 e. The molecule has 0 radical (unpaired) electrons. The molecule has 2 atom stereocenters. The third-order valence-corrected chi connectivity index (χ3v) is 5.52. The maximum Gasteiger partial charge on any atom is 0.573 e. The number of hydrogen-bond donors (Lipinski definition) is 0. The highest BCUT2D eigenvalue weighted by atomic mass is 19.4. The summed E-state index contributed by atoms with van der Waals surface area (Å²) >= 11 is 0. The minimum absolute atomic E-state index is 0.167. The highest BCUT2D eigenvalue weighted by Gasteiger charge is 2.36. The van der Waals surface area contributed by atoms with Crippen LogP contribution in [0.4, 0.5) is 13.2 Å². The molecule has 1 aliphatic heterocycles. The third kappa shape index (κ3) is 4.61. The average molecular weight is 391 g/mol. The van der Waals surface area contributed by atoms with Crippen LogP contribution >= 0.6 is 0 Å². The van der Waals surface area contributed by atoms with E-state index >= 15 is 0 Å². The van der Waals surface area contributed by atoms with Gasteiger partial charge in [-0.15, -0.1) is 13.2 Å². The van der Waals surface area contributed by atoms with E-state index in [0.717, 1.165) is 31.6 Å². The molecular formula is C22H24F3NO2. The lowest BCUT2D eigenvalue weighted by atomic mass is 10.0. The average Bonchev–Trinajstić information content (AvgIpc) is 2.99. The molecule has 1 aliphatic carbocycles. The summed E-state index contributed by atoms with van der Waals surface area (Å²) in [5.41, 5.74) is 2.39. The fraction of sp³-hybridized carbons (Fsp3) is 0.455. The minimum Gasteiger partial charge on any atom is -0.485 e. The molecule has 0 spiro atoms. The van der Waals surface area contributed by atoms with Crippen molar-refractivity contribution in [3.8, 4) is 11.5 Å². The highest BCUT2D eigenvalue weighted by molar-refractivity contribution is 5.38. The first-order valence-electron chi connectivity index (χ1n) is 9.80. The van der Waals surface area contributed by atoms with Crippen LogP contribution in [0, 0.1) is 5.92 Å². The molecular weight excluding hydrogens is 367 g/mol. The van der Waals surface area contributed by atoms with Gasteiger partial charge in [-0.25, -0.2) is 0 Å². The van der Waals surface area contributed by atoms with Gasteiger partial charge in [0, 0.05) is 18.5 Å². The molecule has 4 rings (SSSR count). The van der Waals surface area contributed by atoms with E-state index in [9.17, 15) is 13.2 Å². The van der Waals surface area contributed by atoms with Crippen molar-refractivity contribution in [2.75, 3.05) is 19.6 Å². The normalized spacial score (nSPS) is 22.7. The molecule has 0 N–H and O–H groups in total. The Labute approximate surface area is 163 Å². The van der Waals surface area contributed by atoms with Crippen molar-refractivity contribution < 1.29 is 22.6 Å². The zero-order valence-electron chi connectivity index (χ0n) is 15.6. The zero-order chi connectivity index (χ0) is 19.6. The van der Waals surface area contributed by atoms with E-state index in [1.165, 1.54) is 43.0 Å². The smallest absolute Gasteiger partial charge is 0.485 e. The van der Waals surface area contributed by atoms with Crippen molar-refractivity contribution in [3.63, 3.8) is 0 Å². The summed E-state index contributed by atoms with van der Waals surface area (Å²) in [7, 11) is 0. The third-order valence-electron chi connectivity index (χ3n) is 5.52. The van der Waals surface area contributed by atoms with Gasteiger partial charge in [-0.2, -0.15) is 0 Å². The predicted octanol–water partition coefficient (Wildman–Crippen LogP) is 5.36. The standard InChI is InChI=1S/C22H24F3NO2/c23-22(24,25)28-19-9-6-8-18(14-19)27-21-17(15-26-11-4-1-5-12-26)13-16-7-2-3-10-20(16)21/h2-3,6-10,14,17,21H,1,4-5,11-13,15H2. The number of benzene rings is 2. The van der Waals surface area contributed by atoms with Crippen LogP contribution in [0.25, 0.3) is 0 Å². The van der Waals surface area contributed by atoms with Crippen LogP contribution in [-0.4, -0.2) is 30.9 Å². The molecule has 1 fully saturated rings. The molecule has 28 heavy (non-hydrogen) atoms. The zero-order valence-corrected chi connectivity index (χ0v) is 15.6. The van der Waals surface area contributed by atoms with Gasteiger partial charge in [0.15, 0.2) is 0 Å². The lowest BCUT2D eigenvalue weighted by Gasteiger charge is -2.31. The van der Waals surface area contributed by atoms with E-state index in [4.69, 9.17) is 4.74 Å². The Morgan fingerprint density at radius 3 is 2.46 bits per heavy atom. The summed E-state index contributed by atoms with van der Waals surface area (Å²) in [6.45, 7) is 3.15. The van der Waals surface area contributed by atoms with Crippen molar-refractivity contribution in [1.29, 1.82) is 0 Å². The molecule has 1 heterocycles. The van der Waals surface area contributed by atoms with E-state index in [0.29, 0.717) is 5.75 Å². The van der Waals surface area contributed by atoms with Gasteiger partial charge >= 0.3 is 6.36 Å². The van der Waals surface area contributed by atoms with Crippen molar-refractivity contribution >= 4 is 0 Å². The second-order valence-corrected chi connectivity index (χ2v) is 7.59. The van der Waals surface area contributed by atoms with Crippen molar-refractivity contribution in [1.82, 2.24) is 4.90 Å². The van der Waals surface area contributed by atoms with Crippen LogP contribution in [0.3, 0.4) is 0 Å². The van der Waals surface area contributed by atoms with E-state index in [1.807, 2.05) is 12.1 Å². The number of rotatable bonds is 5. The summed E-state index contributed by atoms with van der Waals surface area (Å²) < 4.78 is 47.9. The molecule has 0 saturated carbocycles. The highest BCUT2D eigenvalue weighted by Crippen LogP contribution is 2.40. The summed E-state index contributed by atoms with van der Waals surface area (Å²) in [6, 6.07) is 14.0. The van der Waals surface area contributed by atoms with Crippen molar-refractivity contribution in [2.45, 2.75) is 38.1 Å². The molecule has 2 unspecified atom stereocenters. The topological polar surface area (TPSA) is 21.7 Å². The van der Waals surface area contributed by atoms with E-state index in [1.54, 1.807) is 6.07 Å². The second-order valence-electron chi connectivity index (χ2n) is 7.59.